The summed E-state index contributed by atoms with van der Waals surface area (Å²) in [6.45, 7) is 1.10. The molecule has 0 spiro atoms. The summed E-state index contributed by atoms with van der Waals surface area (Å²) in [7, 11) is 0. The van der Waals surface area contributed by atoms with Gasteiger partial charge in [-0.1, -0.05) is 0 Å². The van der Waals surface area contributed by atoms with Crippen LogP contribution in [-0.2, 0) is 14.2 Å². The Morgan fingerprint density at radius 1 is 1.00 bits per heavy atom. The summed E-state index contributed by atoms with van der Waals surface area (Å²) < 4.78 is 15.7. The molecule has 0 aliphatic carbocycles. The van der Waals surface area contributed by atoms with E-state index in [4.69, 9.17) is 14.2 Å². The standard InChI is InChI=1S/C12H22O9/c1-4-2-5(14)7(15)12(19-4)21-10-6(3-13)20-11(18)9(17)8(10)16/h4-18H,2-3H2,1H3/t4-,5+,6-,7-,8-,9-,10+,11-,12-/m1/s1. The quantitative estimate of drug-likeness (QED) is 0.314. The Balaban J connectivity index is 2.08. The van der Waals surface area contributed by atoms with Crippen molar-refractivity contribution in [2.45, 2.75) is 68.7 Å². The van der Waals surface area contributed by atoms with Crippen molar-refractivity contribution in [3.05, 3.63) is 0 Å². The van der Waals surface area contributed by atoms with Gasteiger partial charge < -0.3 is 44.8 Å². The van der Waals surface area contributed by atoms with Gasteiger partial charge in [0.1, 0.15) is 30.5 Å². The predicted molar refractivity (Wildman–Crippen MR) is 65.8 cm³/mol. The minimum atomic E-state index is -1.65. The predicted octanol–water partition coefficient (Wildman–Crippen LogP) is -3.34. The van der Waals surface area contributed by atoms with Gasteiger partial charge in [-0.2, -0.15) is 0 Å². The lowest BCUT2D eigenvalue weighted by molar-refractivity contribution is -0.342. The third-order valence-electron chi connectivity index (χ3n) is 3.74. The molecule has 0 bridgehead atoms. The van der Waals surface area contributed by atoms with Crippen LogP contribution in [0, 0.1) is 0 Å². The van der Waals surface area contributed by atoms with Crippen molar-refractivity contribution in [1.29, 1.82) is 0 Å². The first kappa shape index (κ1) is 17.0. The normalized spacial score (nSPS) is 51.9. The Morgan fingerprint density at radius 3 is 2.29 bits per heavy atom. The molecule has 2 fully saturated rings. The third-order valence-corrected chi connectivity index (χ3v) is 3.74. The fourth-order valence-electron chi connectivity index (χ4n) is 2.53. The third kappa shape index (κ3) is 3.52. The second-order valence-corrected chi connectivity index (χ2v) is 5.44. The molecule has 2 rings (SSSR count). The minimum absolute atomic E-state index is 0.232. The van der Waals surface area contributed by atoms with Crippen LogP contribution >= 0.6 is 0 Å². The highest BCUT2D eigenvalue weighted by atomic mass is 16.7. The van der Waals surface area contributed by atoms with Gasteiger partial charge in [0.2, 0.25) is 0 Å². The fraction of sp³-hybridized carbons (Fsp3) is 1.00. The van der Waals surface area contributed by atoms with E-state index in [0.717, 1.165) is 0 Å². The maximum absolute atomic E-state index is 9.93. The lowest BCUT2D eigenvalue weighted by atomic mass is 9.98. The van der Waals surface area contributed by atoms with Crippen molar-refractivity contribution in [1.82, 2.24) is 0 Å². The van der Waals surface area contributed by atoms with Gasteiger partial charge in [-0.25, -0.2) is 0 Å². The Hall–Kier alpha value is -0.360. The van der Waals surface area contributed by atoms with E-state index in [0.29, 0.717) is 0 Å². The first-order valence-electron chi connectivity index (χ1n) is 6.82. The molecule has 2 aliphatic heterocycles. The molecule has 0 saturated carbocycles. The highest BCUT2D eigenvalue weighted by Gasteiger charge is 2.47. The van der Waals surface area contributed by atoms with Crippen LogP contribution in [-0.4, -0.2) is 92.6 Å². The molecule has 9 heteroatoms. The summed E-state index contributed by atoms with van der Waals surface area (Å²) in [5.41, 5.74) is 0. The van der Waals surface area contributed by atoms with Gasteiger partial charge in [0.15, 0.2) is 12.6 Å². The van der Waals surface area contributed by atoms with E-state index in [-0.39, 0.29) is 12.5 Å². The van der Waals surface area contributed by atoms with Crippen molar-refractivity contribution in [3.8, 4) is 0 Å². The van der Waals surface area contributed by atoms with Crippen LogP contribution in [0.1, 0.15) is 13.3 Å². The highest BCUT2D eigenvalue weighted by molar-refractivity contribution is 4.91. The number of hydrogen-bond acceptors (Lipinski definition) is 9. The van der Waals surface area contributed by atoms with E-state index in [1.54, 1.807) is 6.92 Å². The SMILES string of the molecule is C[C@@H]1C[C@H](O)[C@@H](O)[C@@H](O[C@@H]2[C@H](O)[C@@H](O)[C@H](O)O[C@@H]2CO)O1. The van der Waals surface area contributed by atoms with Crippen LogP contribution in [0.15, 0.2) is 0 Å². The van der Waals surface area contributed by atoms with E-state index < -0.39 is 55.8 Å². The molecule has 0 aromatic rings. The van der Waals surface area contributed by atoms with E-state index in [9.17, 15) is 30.6 Å². The maximum atomic E-state index is 9.93. The topological polar surface area (TPSA) is 149 Å². The number of aliphatic hydroxyl groups is 6. The van der Waals surface area contributed by atoms with Crippen LogP contribution in [0.5, 0.6) is 0 Å². The number of ether oxygens (including phenoxy) is 3. The average Bonchev–Trinajstić information content (AvgIpc) is 2.44. The van der Waals surface area contributed by atoms with Crippen LogP contribution in [0.25, 0.3) is 0 Å². The van der Waals surface area contributed by atoms with E-state index in [1.165, 1.54) is 0 Å². The summed E-state index contributed by atoms with van der Waals surface area (Å²) in [5, 5.41) is 57.7. The second kappa shape index (κ2) is 6.82. The molecular weight excluding hydrogens is 288 g/mol. The summed E-state index contributed by atoms with van der Waals surface area (Å²) in [4.78, 5) is 0. The van der Waals surface area contributed by atoms with Gasteiger partial charge >= 0.3 is 0 Å². The van der Waals surface area contributed by atoms with Crippen molar-refractivity contribution < 1.29 is 44.8 Å². The molecule has 0 amide bonds. The summed E-state index contributed by atoms with van der Waals surface area (Å²) in [5.74, 6) is 0. The van der Waals surface area contributed by atoms with Gasteiger partial charge in [0, 0.05) is 6.42 Å². The van der Waals surface area contributed by atoms with E-state index >= 15 is 0 Å². The second-order valence-electron chi connectivity index (χ2n) is 5.44. The van der Waals surface area contributed by atoms with Crippen LogP contribution in [0.4, 0.5) is 0 Å². The van der Waals surface area contributed by atoms with Gasteiger partial charge in [-0.3, -0.25) is 0 Å². The molecule has 2 saturated heterocycles. The Morgan fingerprint density at radius 2 is 1.67 bits per heavy atom. The molecule has 0 aromatic heterocycles. The van der Waals surface area contributed by atoms with E-state index in [1.807, 2.05) is 0 Å². The summed E-state index contributed by atoms with van der Waals surface area (Å²) in [6, 6.07) is 0. The average molecular weight is 310 g/mol. The lowest BCUT2D eigenvalue weighted by Gasteiger charge is -2.43. The molecular formula is C12H22O9. The first-order chi connectivity index (χ1) is 9.85. The van der Waals surface area contributed by atoms with Crippen molar-refractivity contribution >= 4 is 0 Å². The number of rotatable bonds is 3. The summed E-state index contributed by atoms with van der Waals surface area (Å²) >= 11 is 0. The molecule has 0 unspecified atom stereocenters. The fourth-order valence-corrected chi connectivity index (χ4v) is 2.53. The molecule has 2 aliphatic rings. The largest absolute Gasteiger partial charge is 0.394 e. The zero-order chi connectivity index (χ0) is 15.7. The lowest BCUT2D eigenvalue weighted by Crippen LogP contribution is -2.62. The highest BCUT2D eigenvalue weighted by Crippen LogP contribution is 2.28. The van der Waals surface area contributed by atoms with Crippen molar-refractivity contribution in [2.24, 2.45) is 0 Å². The van der Waals surface area contributed by atoms with Crippen molar-refractivity contribution in [3.63, 3.8) is 0 Å². The number of hydrogen-bond donors (Lipinski definition) is 6. The smallest absolute Gasteiger partial charge is 0.186 e. The molecule has 6 N–H and O–H groups in total. The molecule has 0 aromatic carbocycles. The van der Waals surface area contributed by atoms with Crippen molar-refractivity contribution in [2.75, 3.05) is 6.61 Å². The monoisotopic (exact) mass is 310 g/mol. The van der Waals surface area contributed by atoms with Gasteiger partial charge in [-0.05, 0) is 6.92 Å². The van der Waals surface area contributed by atoms with Crippen LogP contribution in [0.2, 0.25) is 0 Å². The van der Waals surface area contributed by atoms with Crippen LogP contribution in [0.3, 0.4) is 0 Å². The number of aliphatic hydroxyl groups excluding tert-OH is 6. The molecule has 124 valence electrons. The summed E-state index contributed by atoms with van der Waals surface area (Å²) in [6.07, 6.45) is -10.9. The maximum Gasteiger partial charge on any atom is 0.186 e. The first-order valence-corrected chi connectivity index (χ1v) is 6.82. The Labute approximate surface area is 121 Å². The van der Waals surface area contributed by atoms with Gasteiger partial charge in [0.25, 0.3) is 0 Å². The molecule has 2 heterocycles. The zero-order valence-corrected chi connectivity index (χ0v) is 11.5. The minimum Gasteiger partial charge on any atom is -0.394 e. The van der Waals surface area contributed by atoms with Gasteiger partial charge in [-0.15, -0.1) is 0 Å². The van der Waals surface area contributed by atoms with Gasteiger partial charge in [0.05, 0.1) is 18.8 Å². The van der Waals surface area contributed by atoms with Crippen LogP contribution < -0.4 is 0 Å². The Kier molecular flexibility index (Phi) is 5.52. The molecule has 9 nitrogen and oxygen atoms in total. The zero-order valence-electron chi connectivity index (χ0n) is 11.5. The Bertz CT molecular complexity index is 339. The molecule has 9 atom stereocenters. The molecule has 0 radical (unpaired) electrons. The molecule has 21 heavy (non-hydrogen) atoms. The van der Waals surface area contributed by atoms with E-state index in [2.05, 4.69) is 0 Å².